The SMILES string of the molecule is CC(NC(=O)c1ccc(N2CCCC2)c([N+](=O)[O-])c1)C12CC3CC(CC(C3)C1)C2. The highest BCUT2D eigenvalue weighted by molar-refractivity contribution is 5.96. The number of hydrogen-bond donors (Lipinski definition) is 1. The molecule has 1 aromatic rings. The van der Waals surface area contributed by atoms with Crippen LogP contribution in [0.2, 0.25) is 0 Å². The molecule has 0 aromatic heterocycles. The Morgan fingerprint density at radius 1 is 1.14 bits per heavy atom. The Kier molecular flexibility index (Phi) is 4.56. The van der Waals surface area contributed by atoms with Crippen LogP contribution in [-0.2, 0) is 0 Å². The van der Waals surface area contributed by atoms with Crippen LogP contribution in [0.3, 0.4) is 0 Å². The van der Waals surface area contributed by atoms with Crippen molar-refractivity contribution in [3.63, 3.8) is 0 Å². The predicted octanol–water partition coefficient (Wildman–Crippen LogP) is 4.53. The first kappa shape index (κ1) is 18.9. The Morgan fingerprint density at radius 3 is 2.28 bits per heavy atom. The van der Waals surface area contributed by atoms with Gasteiger partial charge in [-0.05, 0) is 93.6 Å². The Morgan fingerprint density at radius 2 is 1.72 bits per heavy atom. The molecule has 1 aliphatic heterocycles. The third kappa shape index (κ3) is 3.30. The molecule has 6 heteroatoms. The van der Waals surface area contributed by atoms with Gasteiger partial charge in [-0.25, -0.2) is 0 Å². The van der Waals surface area contributed by atoms with Crippen LogP contribution < -0.4 is 10.2 Å². The van der Waals surface area contributed by atoms with Gasteiger partial charge in [0, 0.05) is 30.8 Å². The number of carbonyl (C=O) groups excluding carboxylic acids is 1. The van der Waals surface area contributed by atoms with Crippen LogP contribution in [-0.4, -0.2) is 30.0 Å². The second-order valence-electron chi connectivity index (χ2n) is 10.1. The number of nitro benzene ring substituents is 1. The fourth-order valence-electron chi connectivity index (χ4n) is 7.18. The summed E-state index contributed by atoms with van der Waals surface area (Å²) >= 11 is 0. The summed E-state index contributed by atoms with van der Waals surface area (Å²) in [6.07, 6.45) is 9.94. The fraction of sp³-hybridized carbons (Fsp3) is 0.696. The lowest BCUT2D eigenvalue weighted by molar-refractivity contribution is -0.384. The molecule has 1 atom stereocenters. The molecular formula is C23H31N3O3. The normalized spacial score (nSPS) is 33.7. The molecule has 0 spiro atoms. The van der Waals surface area contributed by atoms with Crippen molar-refractivity contribution in [3.8, 4) is 0 Å². The summed E-state index contributed by atoms with van der Waals surface area (Å²) in [5, 5.41) is 14.9. The van der Waals surface area contributed by atoms with E-state index in [1.807, 2.05) is 0 Å². The van der Waals surface area contributed by atoms with Crippen LogP contribution in [0.25, 0.3) is 0 Å². The zero-order valence-electron chi connectivity index (χ0n) is 17.2. The van der Waals surface area contributed by atoms with Crippen LogP contribution in [0.4, 0.5) is 11.4 Å². The van der Waals surface area contributed by atoms with Gasteiger partial charge in [-0.2, -0.15) is 0 Å². The van der Waals surface area contributed by atoms with Gasteiger partial charge in [-0.3, -0.25) is 14.9 Å². The first-order valence-electron chi connectivity index (χ1n) is 11.3. The minimum Gasteiger partial charge on any atom is -0.366 e. The average Bonchev–Trinajstić information content (AvgIpc) is 3.21. The molecule has 1 unspecified atom stereocenters. The van der Waals surface area contributed by atoms with Crippen LogP contribution >= 0.6 is 0 Å². The lowest BCUT2D eigenvalue weighted by atomic mass is 9.48. The Labute approximate surface area is 172 Å². The summed E-state index contributed by atoms with van der Waals surface area (Å²) in [5.41, 5.74) is 1.31. The molecule has 1 heterocycles. The quantitative estimate of drug-likeness (QED) is 0.585. The average molecular weight is 398 g/mol. The summed E-state index contributed by atoms with van der Waals surface area (Å²) in [4.78, 5) is 26.4. The van der Waals surface area contributed by atoms with Gasteiger partial charge < -0.3 is 10.2 Å². The molecule has 29 heavy (non-hydrogen) atoms. The number of amides is 1. The maximum absolute atomic E-state index is 13.0. The number of carbonyl (C=O) groups is 1. The predicted molar refractivity (Wildman–Crippen MR) is 112 cm³/mol. The maximum atomic E-state index is 13.0. The van der Waals surface area contributed by atoms with Crippen molar-refractivity contribution in [1.29, 1.82) is 0 Å². The smallest absolute Gasteiger partial charge is 0.293 e. The molecule has 1 amide bonds. The first-order chi connectivity index (χ1) is 13.9. The van der Waals surface area contributed by atoms with Crippen LogP contribution in [0, 0.1) is 33.3 Å². The minimum absolute atomic E-state index is 0.0435. The second kappa shape index (κ2) is 6.99. The molecule has 1 N–H and O–H groups in total. The molecule has 1 saturated heterocycles. The van der Waals surface area contributed by atoms with E-state index in [-0.39, 0.29) is 28.0 Å². The molecule has 156 valence electrons. The second-order valence-corrected chi connectivity index (χ2v) is 10.1. The number of anilines is 1. The van der Waals surface area contributed by atoms with Gasteiger partial charge in [-0.15, -0.1) is 0 Å². The van der Waals surface area contributed by atoms with Gasteiger partial charge >= 0.3 is 0 Å². The zero-order valence-corrected chi connectivity index (χ0v) is 17.2. The van der Waals surface area contributed by atoms with Gasteiger partial charge in [0.1, 0.15) is 5.69 Å². The highest BCUT2D eigenvalue weighted by atomic mass is 16.6. The van der Waals surface area contributed by atoms with Gasteiger partial charge in [0.05, 0.1) is 4.92 Å². The molecule has 4 aliphatic carbocycles. The summed E-state index contributed by atoms with van der Waals surface area (Å²) in [7, 11) is 0. The lowest BCUT2D eigenvalue weighted by Gasteiger charge is -2.59. The van der Waals surface area contributed by atoms with E-state index in [1.165, 1.54) is 44.6 Å². The number of hydrogen-bond acceptors (Lipinski definition) is 4. The zero-order chi connectivity index (χ0) is 20.2. The van der Waals surface area contributed by atoms with Crippen molar-refractivity contribution in [1.82, 2.24) is 5.32 Å². The Bertz CT molecular complexity index is 795. The van der Waals surface area contributed by atoms with Crippen molar-refractivity contribution in [2.45, 2.75) is 64.3 Å². The number of nitro groups is 1. The summed E-state index contributed by atoms with van der Waals surface area (Å²) in [5.74, 6) is 2.33. The topological polar surface area (TPSA) is 75.5 Å². The Hall–Kier alpha value is -2.11. The summed E-state index contributed by atoms with van der Waals surface area (Å²) in [6, 6.07) is 5.09. The molecule has 1 aromatic carbocycles. The molecule has 0 radical (unpaired) electrons. The Balaban J connectivity index is 1.34. The third-order valence-electron chi connectivity index (χ3n) is 8.23. The third-order valence-corrected chi connectivity index (χ3v) is 8.23. The molecule has 6 nitrogen and oxygen atoms in total. The van der Waals surface area contributed by atoms with Gasteiger partial charge in [0.15, 0.2) is 0 Å². The standard InChI is InChI=1S/C23H31N3O3/c1-15(23-12-16-8-17(13-23)10-18(9-16)14-23)24-22(27)19-4-5-20(21(11-19)26(28)29)25-6-2-3-7-25/h4-5,11,15-18H,2-3,6-10,12-14H2,1H3,(H,24,27). The largest absolute Gasteiger partial charge is 0.366 e. The van der Waals surface area contributed by atoms with E-state index in [4.69, 9.17) is 0 Å². The van der Waals surface area contributed by atoms with Gasteiger partial charge in [-0.1, -0.05) is 0 Å². The van der Waals surface area contributed by atoms with Crippen molar-refractivity contribution < 1.29 is 9.72 Å². The molecule has 5 aliphatic rings. The molecule has 5 fully saturated rings. The summed E-state index contributed by atoms with van der Waals surface area (Å²) < 4.78 is 0. The lowest BCUT2D eigenvalue weighted by Crippen LogP contribution is -2.55. The molecule has 6 rings (SSSR count). The van der Waals surface area contributed by atoms with Gasteiger partial charge in [0.2, 0.25) is 0 Å². The molecule has 4 bridgehead atoms. The maximum Gasteiger partial charge on any atom is 0.293 e. The van der Waals surface area contributed by atoms with E-state index < -0.39 is 0 Å². The highest BCUT2D eigenvalue weighted by Gasteiger charge is 2.53. The fourth-order valence-corrected chi connectivity index (χ4v) is 7.18. The van der Waals surface area contributed by atoms with Crippen LogP contribution in [0.1, 0.15) is 68.6 Å². The van der Waals surface area contributed by atoms with Crippen molar-refractivity contribution in [2.75, 3.05) is 18.0 Å². The van der Waals surface area contributed by atoms with Crippen LogP contribution in [0.15, 0.2) is 18.2 Å². The van der Waals surface area contributed by atoms with Crippen molar-refractivity contribution in [3.05, 3.63) is 33.9 Å². The van der Waals surface area contributed by atoms with E-state index in [2.05, 4.69) is 17.1 Å². The van der Waals surface area contributed by atoms with Crippen molar-refractivity contribution in [2.24, 2.45) is 23.2 Å². The van der Waals surface area contributed by atoms with E-state index in [1.54, 1.807) is 12.1 Å². The van der Waals surface area contributed by atoms with E-state index in [0.29, 0.717) is 11.3 Å². The van der Waals surface area contributed by atoms with E-state index in [0.717, 1.165) is 43.7 Å². The van der Waals surface area contributed by atoms with Crippen molar-refractivity contribution >= 4 is 17.3 Å². The highest BCUT2D eigenvalue weighted by Crippen LogP contribution is 2.61. The van der Waals surface area contributed by atoms with Gasteiger partial charge in [0.25, 0.3) is 11.6 Å². The molecule has 4 saturated carbocycles. The number of nitrogens with one attached hydrogen (secondary N) is 1. The number of nitrogens with zero attached hydrogens (tertiary/aromatic N) is 2. The summed E-state index contributed by atoms with van der Waals surface area (Å²) in [6.45, 7) is 3.84. The molecular weight excluding hydrogens is 366 g/mol. The monoisotopic (exact) mass is 397 g/mol. The number of rotatable bonds is 5. The number of benzene rings is 1. The minimum atomic E-state index is -0.354. The van der Waals surface area contributed by atoms with E-state index in [9.17, 15) is 14.9 Å². The van der Waals surface area contributed by atoms with E-state index >= 15 is 0 Å². The van der Waals surface area contributed by atoms with Crippen LogP contribution in [0.5, 0.6) is 0 Å². The first-order valence-corrected chi connectivity index (χ1v) is 11.3.